The van der Waals surface area contributed by atoms with Gasteiger partial charge in [0.05, 0.1) is 25.4 Å². The summed E-state index contributed by atoms with van der Waals surface area (Å²) in [5.74, 6) is 3.83. The van der Waals surface area contributed by atoms with Crippen molar-refractivity contribution >= 4 is 29.9 Å². The van der Waals surface area contributed by atoms with Crippen molar-refractivity contribution < 1.29 is 14.0 Å². The van der Waals surface area contributed by atoms with E-state index in [0.29, 0.717) is 43.2 Å². The van der Waals surface area contributed by atoms with Crippen LogP contribution in [0.3, 0.4) is 0 Å². The number of aromatic nitrogens is 2. The maximum Gasteiger partial charge on any atom is 0.219 e. The second-order valence-corrected chi connectivity index (χ2v) is 7.43. The van der Waals surface area contributed by atoms with Gasteiger partial charge in [0.1, 0.15) is 11.5 Å². The van der Waals surface area contributed by atoms with Crippen LogP contribution in [0.1, 0.15) is 50.6 Å². The van der Waals surface area contributed by atoms with Gasteiger partial charge in [0.15, 0.2) is 11.7 Å². The van der Waals surface area contributed by atoms with Crippen LogP contribution in [0.2, 0.25) is 0 Å². The minimum atomic E-state index is 0. The van der Waals surface area contributed by atoms with Gasteiger partial charge in [-0.2, -0.15) is 0 Å². The molecule has 9 heteroatoms. The molecule has 0 fully saturated rings. The molecule has 178 valence electrons. The second-order valence-electron chi connectivity index (χ2n) is 7.43. The molecule has 0 saturated carbocycles. The minimum absolute atomic E-state index is 0. The quantitative estimate of drug-likeness (QED) is 0.197. The van der Waals surface area contributed by atoms with Crippen LogP contribution in [0.5, 0.6) is 17.4 Å². The number of nitrogens with zero attached hydrogens (tertiary/aromatic N) is 3. The number of ether oxygens (including phenoxy) is 2. The minimum Gasteiger partial charge on any atom is -0.494 e. The zero-order valence-corrected chi connectivity index (χ0v) is 21.8. The molecule has 0 aliphatic heterocycles. The van der Waals surface area contributed by atoms with Crippen LogP contribution >= 0.6 is 24.0 Å². The Kier molecular flexibility index (Phi) is 10.9. The van der Waals surface area contributed by atoms with Crippen molar-refractivity contribution in [3.8, 4) is 17.4 Å². The van der Waals surface area contributed by atoms with Crippen LogP contribution < -0.4 is 20.1 Å². The molecule has 2 aromatic heterocycles. The Balaban J connectivity index is 0.00000385. The van der Waals surface area contributed by atoms with Gasteiger partial charge in [0.2, 0.25) is 5.88 Å². The first-order valence-corrected chi connectivity index (χ1v) is 10.9. The van der Waals surface area contributed by atoms with Crippen molar-refractivity contribution in [3.63, 3.8) is 0 Å². The van der Waals surface area contributed by atoms with E-state index in [-0.39, 0.29) is 24.0 Å². The number of guanidine groups is 1. The molecular formula is C24H32IN5O3. The summed E-state index contributed by atoms with van der Waals surface area (Å²) < 4.78 is 16.7. The van der Waals surface area contributed by atoms with Gasteiger partial charge in [-0.15, -0.1) is 24.0 Å². The van der Waals surface area contributed by atoms with E-state index in [4.69, 9.17) is 14.0 Å². The third kappa shape index (κ3) is 8.56. The Bertz CT molecular complexity index is 1010. The third-order valence-corrected chi connectivity index (χ3v) is 4.52. The molecule has 0 bridgehead atoms. The van der Waals surface area contributed by atoms with Crippen molar-refractivity contribution in [2.45, 2.75) is 46.7 Å². The van der Waals surface area contributed by atoms with E-state index in [0.717, 1.165) is 29.3 Å². The molecule has 0 unspecified atom stereocenters. The summed E-state index contributed by atoms with van der Waals surface area (Å²) in [5, 5.41) is 10.6. The molecule has 33 heavy (non-hydrogen) atoms. The Hall–Kier alpha value is -2.82. The van der Waals surface area contributed by atoms with Crippen molar-refractivity contribution in [2.24, 2.45) is 4.99 Å². The first-order chi connectivity index (χ1) is 15.6. The monoisotopic (exact) mass is 565 g/mol. The van der Waals surface area contributed by atoms with Crippen LogP contribution in [-0.2, 0) is 13.1 Å². The van der Waals surface area contributed by atoms with Gasteiger partial charge < -0.3 is 24.6 Å². The highest BCUT2D eigenvalue weighted by Gasteiger charge is 2.08. The summed E-state index contributed by atoms with van der Waals surface area (Å²) in [6.45, 7) is 10.5. The average Bonchev–Trinajstić information content (AvgIpc) is 3.27. The molecule has 0 aliphatic carbocycles. The van der Waals surface area contributed by atoms with Gasteiger partial charge in [-0.05, 0) is 55.7 Å². The van der Waals surface area contributed by atoms with Gasteiger partial charge in [-0.1, -0.05) is 19.0 Å². The first kappa shape index (κ1) is 26.4. The summed E-state index contributed by atoms with van der Waals surface area (Å²) in [5.41, 5.74) is 1.93. The normalized spacial score (nSPS) is 11.1. The predicted molar refractivity (Wildman–Crippen MR) is 140 cm³/mol. The molecule has 0 aliphatic rings. The highest BCUT2D eigenvalue weighted by atomic mass is 127. The number of aliphatic imine (C=N–C) groups is 1. The van der Waals surface area contributed by atoms with E-state index >= 15 is 0 Å². The fraction of sp³-hybridized carbons (Fsp3) is 0.375. The van der Waals surface area contributed by atoms with Crippen molar-refractivity contribution in [3.05, 3.63) is 65.7 Å². The maximum absolute atomic E-state index is 5.87. The van der Waals surface area contributed by atoms with Crippen molar-refractivity contribution in [1.82, 2.24) is 20.8 Å². The summed E-state index contributed by atoms with van der Waals surface area (Å²) in [7, 11) is 0. The molecule has 0 radical (unpaired) electrons. The smallest absolute Gasteiger partial charge is 0.219 e. The van der Waals surface area contributed by atoms with Gasteiger partial charge in [0, 0.05) is 24.9 Å². The number of hydrogen-bond donors (Lipinski definition) is 2. The summed E-state index contributed by atoms with van der Waals surface area (Å²) in [4.78, 5) is 8.95. The van der Waals surface area contributed by atoms with E-state index in [1.807, 2.05) is 56.3 Å². The van der Waals surface area contributed by atoms with Gasteiger partial charge >= 0.3 is 0 Å². The topological polar surface area (TPSA) is 93.8 Å². The molecule has 2 heterocycles. The van der Waals surface area contributed by atoms with Crippen LogP contribution in [0.4, 0.5) is 0 Å². The molecule has 3 rings (SSSR count). The molecular weight excluding hydrogens is 533 g/mol. The second kappa shape index (κ2) is 13.7. The molecule has 1 aromatic carbocycles. The number of nitrogens with one attached hydrogen (secondary N) is 2. The average molecular weight is 565 g/mol. The summed E-state index contributed by atoms with van der Waals surface area (Å²) in [6.07, 6.45) is 1.72. The van der Waals surface area contributed by atoms with E-state index in [9.17, 15) is 0 Å². The van der Waals surface area contributed by atoms with Crippen LogP contribution in [0, 0.1) is 0 Å². The van der Waals surface area contributed by atoms with E-state index in [1.54, 1.807) is 6.20 Å². The zero-order valence-electron chi connectivity index (χ0n) is 19.5. The molecule has 3 aromatic rings. The molecule has 0 saturated heterocycles. The number of pyridine rings is 1. The number of hydrogen-bond acceptors (Lipinski definition) is 6. The lowest BCUT2D eigenvalue weighted by Crippen LogP contribution is -2.36. The maximum atomic E-state index is 5.87. The van der Waals surface area contributed by atoms with E-state index in [2.05, 4.69) is 39.6 Å². The SMILES string of the molecule is CCNC(=NCc1ccnc(Oc2ccc(OCC)cc2)c1)NCc1cc(C(C)C)no1.I. The molecule has 8 nitrogen and oxygen atoms in total. The van der Waals surface area contributed by atoms with Crippen LogP contribution in [0.25, 0.3) is 0 Å². The zero-order chi connectivity index (χ0) is 22.8. The molecule has 2 N–H and O–H groups in total. The standard InChI is InChI=1S/C24H31N5O3.HI/c1-5-25-24(28-16-21-14-22(17(3)4)29-32-21)27-15-18-11-12-26-23(13-18)31-20-9-7-19(8-10-20)30-6-2;/h7-14,17H,5-6,15-16H2,1-4H3,(H2,25,27,28);1H. The van der Waals surface area contributed by atoms with Gasteiger partial charge in [0.25, 0.3) is 0 Å². The van der Waals surface area contributed by atoms with E-state index < -0.39 is 0 Å². The molecule has 0 atom stereocenters. The van der Waals surface area contributed by atoms with Gasteiger partial charge in [-0.25, -0.2) is 9.98 Å². The Morgan fingerprint density at radius 2 is 1.82 bits per heavy atom. The Morgan fingerprint density at radius 1 is 1.06 bits per heavy atom. The number of rotatable bonds is 10. The number of benzene rings is 1. The number of halogens is 1. The van der Waals surface area contributed by atoms with Crippen molar-refractivity contribution in [1.29, 1.82) is 0 Å². The lowest BCUT2D eigenvalue weighted by Gasteiger charge is -2.10. The van der Waals surface area contributed by atoms with Crippen LogP contribution in [0.15, 0.2) is 58.2 Å². The third-order valence-electron chi connectivity index (χ3n) is 4.52. The predicted octanol–water partition coefficient (Wildman–Crippen LogP) is 5.26. The first-order valence-electron chi connectivity index (χ1n) is 10.9. The Labute approximate surface area is 212 Å². The largest absolute Gasteiger partial charge is 0.494 e. The molecule has 0 spiro atoms. The fourth-order valence-electron chi connectivity index (χ4n) is 2.86. The summed E-state index contributed by atoms with van der Waals surface area (Å²) in [6, 6.07) is 13.2. The van der Waals surface area contributed by atoms with E-state index in [1.165, 1.54) is 0 Å². The highest BCUT2D eigenvalue weighted by Crippen LogP contribution is 2.23. The summed E-state index contributed by atoms with van der Waals surface area (Å²) >= 11 is 0. The van der Waals surface area contributed by atoms with Crippen molar-refractivity contribution in [2.75, 3.05) is 13.2 Å². The lowest BCUT2D eigenvalue weighted by atomic mass is 10.1. The molecule has 0 amide bonds. The van der Waals surface area contributed by atoms with Gasteiger partial charge in [-0.3, -0.25) is 0 Å². The highest BCUT2D eigenvalue weighted by molar-refractivity contribution is 14.0. The van der Waals surface area contributed by atoms with Crippen LogP contribution in [-0.4, -0.2) is 29.3 Å². The Morgan fingerprint density at radius 3 is 2.48 bits per heavy atom. The fourth-order valence-corrected chi connectivity index (χ4v) is 2.86. The lowest BCUT2D eigenvalue weighted by molar-refractivity contribution is 0.339.